The number of rotatable bonds is 5. The Morgan fingerprint density at radius 3 is 2.71 bits per heavy atom. The van der Waals surface area contributed by atoms with Gasteiger partial charge in [0, 0.05) is 32.4 Å². The molecule has 3 heteroatoms. The van der Waals surface area contributed by atoms with Gasteiger partial charge in [0.2, 0.25) is 0 Å². The molecule has 1 heterocycles. The Labute approximate surface area is 104 Å². The van der Waals surface area contributed by atoms with Crippen LogP contribution in [0.5, 0.6) is 0 Å². The van der Waals surface area contributed by atoms with E-state index in [0.717, 1.165) is 19.7 Å². The van der Waals surface area contributed by atoms with Crippen molar-refractivity contribution in [2.45, 2.75) is 25.5 Å². The highest BCUT2D eigenvalue weighted by Crippen LogP contribution is 2.18. The van der Waals surface area contributed by atoms with Gasteiger partial charge in [-0.1, -0.05) is 12.1 Å². The number of benzene rings is 1. The fourth-order valence-corrected chi connectivity index (χ4v) is 2.27. The van der Waals surface area contributed by atoms with E-state index in [1.54, 1.807) is 0 Å². The van der Waals surface area contributed by atoms with Crippen LogP contribution in [0.15, 0.2) is 24.3 Å². The molecular weight excluding hydrogens is 212 g/mol. The van der Waals surface area contributed by atoms with E-state index in [1.807, 2.05) is 7.05 Å². The van der Waals surface area contributed by atoms with Gasteiger partial charge in [0.1, 0.15) is 0 Å². The van der Waals surface area contributed by atoms with Crippen LogP contribution < -0.4 is 10.2 Å². The molecule has 1 atom stereocenters. The lowest BCUT2D eigenvalue weighted by Crippen LogP contribution is -2.28. The Morgan fingerprint density at radius 2 is 2.12 bits per heavy atom. The molecule has 1 aromatic carbocycles. The topological polar surface area (TPSA) is 24.5 Å². The Balaban J connectivity index is 1.91. The third-order valence-electron chi connectivity index (χ3n) is 3.26. The largest absolute Gasteiger partial charge is 0.376 e. The molecule has 1 aliphatic rings. The summed E-state index contributed by atoms with van der Waals surface area (Å²) >= 11 is 0. The number of anilines is 1. The number of likely N-dealkylation sites (N-methyl/N-ethyl adjacent to an activating group) is 1. The molecule has 0 saturated carbocycles. The maximum absolute atomic E-state index is 5.66. The number of ether oxygens (including phenoxy) is 1. The lowest BCUT2D eigenvalue weighted by molar-refractivity contribution is 0.116. The molecule has 2 rings (SSSR count). The van der Waals surface area contributed by atoms with E-state index in [2.05, 4.69) is 41.5 Å². The summed E-state index contributed by atoms with van der Waals surface area (Å²) in [5.74, 6) is 0. The summed E-state index contributed by atoms with van der Waals surface area (Å²) in [5.41, 5.74) is 2.59. The predicted molar refractivity (Wildman–Crippen MR) is 71.4 cm³/mol. The van der Waals surface area contributed by atoms with E-state index in [1.165, 1.54) is 24.1 Å². The van der Waals surface area contributed by atoms with E-state index >= 15 is 0 Å². The van der Waals surface area contributed by atoms with Gasteiger partial charge in [-0.3, -0.25) is 0 Å². The minimum atomic E-state index is 0.414. The fraction of sp³-hybridized carbons (Fsp3) is 0.571. The normalized spacial score (nSPS) is 19.5. The van der Waals surface area contributed by atoms with Crippen LogP contribution in [0, 0.1) is 0 Å². The molecule has 0 aromatic heterocycles. The van der Waals surface area contributed by atoms with Crippen LogP contribution in [0.2, 0.25) is 0 Å². The van der Waals surface area contributed by atoms with Gasteiger partial charge in [0.05, 0.1) is 6.10 Å². The molecule has 0 bridgehead atoms. The molecular formula is C14H22N2O. The maximum atomic E-state index is 5.66. The molecule has 0 aliphatic carbocycles. The second kappa shape index (κ2) is 6.03. The summed E-state index contributed by atoms with van der Waals surface area (Å²) in [4.78, 5) is 2.28. The lowest BCUT2D eigenvalue weighted by atomic mass is 10.2. The molecule has 0 spiro atoms. The van der Waals surface area contributed by atoms with Crippen molar-refractivity contribution in [3.63, 3.8) is 0 Å². The van der Waals surface area contributed by atoms with Crippen LogP contribution in [0.25, 0.3) is 0 Å². The Morgan fingerprint density at radius 1 is 1.35 bits per heavy atom. The lowest BCUT2D eigenvalue weighted by Gasteiger charge is -2.23. The van der Waals surface area contributed by atoms with E-state index in [9.17, 15) is 0 Å². The van der Waals surface area contributed by atoms with Crippen LogP contribution in [-0.4, -0.2) is 33.4 Å². The van der Waals surface area contributed by atoms with Gasteiger partial charge >= 0.3 is 0 Å². The van der Waals surface area contributed by atoms with Gasteiger partial charge in [-0.2, -0.15) is 0 Å². The molecule has 17 heavy (non-hydrogen) atoms. The van der Waals surface area contributed by atoms with Crippen molar-refractivity contribution in [2.75, 3.05) is 32.1 Å². The molecule has 94 valence electrons. The monoisotopic (exact) mass is 234 g/mol. The Hall–Kier alpha value is -1.06. The summed E-state index contributed by atoms with van der Waals surface area (Å²) in [6, 6.07) is 8.72. The summed E-state index contributed by atoms with van der Waals surface area (Å²) in [7, 11) is 4.10. The first-order chi connectivity index (χ1) is 8.29. The molecule has 1 fully saturated rings. The van der Waals surface area contributed by atoms with E-state index in [0.29, 0.717) is 6.10 Å². The van der Waals surface area contributed by atoms with E-state index < -0.39 is 0 Å². The summed E-state index contributed by atoms with van der Waals surface area (Å²) in [5, 5.41) is 3.16. The van der Waals surface area contributed by atoms with Crippen molar-refractivity contribution in [1.82, 2.24) is 5.32 Å². The Bertz CT molecular complexity index is 331. The van der Waals surface area contributed by atoms with Gasteiger partial charge in [0.25, 0.3) is 0 Å². The summed E-state index contributed by atoms with van der Waals surface area (Å²) in [6.07, 6.45) is 2.82. The summed E-state index contributed by atoms with van der Waals surface area (Å²) < 4.78 is 5.66. The molecule has 3 nitrogen and oxygen atoms in total. The number of nitrogens with zero attached hydrogens (tertiary/aromatic N) is 1. The molecule has 0 amide bonds. The van der Waals surface area contributed by atoms with Crippen LogP contribution in [0.3, 0.4) is 0 Å². The second-order valence-corrected chi connectivity index (χ2v) is 4.71. The first kappa shape index (κ1) is 12.4. The minimum Gasteiger partial charge on any atom is -0.376 e. The SMILES string of the molecule is CNCc1ccc(N(C)CC2CCCO2)cc1. The van der Waals surface area contributed by atoms with Crippen molar-refractivity contribution in [1.29, 1.82) is 0 Å². The molecule has 1 aliphatic heterocycles. The van der Waals surface area contributed by atoms with Crippen molar-refractivity contribution in [2.24, 2.45) is 0 Å². The van der Waals surface area contributed by atoms with Crippen LogP contribution in [-0.2, 0) is 11.3 Å². The molecule has 1 aromatic rings. The smallest absolute Gasteiger partial charge is 0.0750 e. The Kier molecular flexibility index (Phi) is 4.40. The zero-order valence-electron chi connectivity index (χ0n) is 10.8. The van der Waals surface area contributed by atoms with E-state index in [4.69, 9.17) is 4.74 Å². The van der Waals surface area contributed by atoms with E-state index in [-0.39, 0.29) is 0 Å². The average molecular weight is 234 g/mol. The second-order valence-electron chi connectivity index (χ2n) is 4.71. The van der Waals surface area contributed by atoms with Crippen molar-refractivity contribution in [3.05, 3.63) is 29.8 Å². The van der Waals surface area contributed by atoms with Gasteiger partial charge in [0.15, 0.2) is 0 Å². The number of nitrogens with one attached hydrogen (secondary N) is 1. The van der Waals surface area contributed by atoms with Crippen molar-refractivity contribution in [3.8, 4) is 0 Å². The maximum Gasteiger partial charge on any atom is 0.0750 e. The van der Waals surface area contributed by atoms with Crippen molar-refractivity contribution >= 4 is 5.69 Å². The molecule has 0 radical (unpaired) electrons. The average Bonchev–Trinajstić information content (AvgIpc) is 2.83. The predicted octanol–water partition coefficient (Wildman–Crippen LogP) is 2.02. The van der Waals surface area contributed by atoms with Crippen molar-refractivity contribution < 1.29 is 4.74 Å². The fourth-order valence-electron chi connectivity index (χ4n) is 2.27. The zero-order valence-corrected chi connectivity index (χ0v) is 10.8. The number of hydrogen-bond donors (Lipinski definition) is 1. The highest BCUT2D eigenvalue weighted by molar-refractivity contribution is 5.47. The number of hydrogen-bond acceptors (Lipinski definition) is 3. The third kappa shape index (κ3) is 3.45. The standard InChI is InChI=1S/C14H22N2O/c1-15-10-12-5-7-13(8-6-12)16(2)11-14-4-3-9-17-14/h5-8,14-15H,3-4,9-11H2,1-2H3. The quantitative estimate of drug-likeness (QED) is 0.843. The molecule has 1 N–H and O–H groups in total. The first-order valence-electron chi connectivity index (χ1n) is 6.36. The van der Waals surface area contributed by atoms with Crippen LogP contribution >= 0.6 is 0 Å². The molecule has 1 saturated heterocycles. The first-order valence-corrected chi connectivity index (χ1v) is 6.36. The minimum absolute atomic E-state index is 0.414. The van der Waals surface area contributed by atoms with Gasteiger partial charge < -0.3 is 15.0 Å². The van der Waals surface area contributed by atoms with Crippen LogP contribution in [0.1, 0.15) is 18.4 Å². The highest BCUT2D eigenvalue weighted by Gasteiger charge is 2.17. The highest BCUT2D eigenvalue weighted by atomic mass is 16.5. The van der Waals surface area contributed by atoms with Gasteiger partial charge in [-0.25, -0.2) is 0 Å². The zero-order chi connectivity index (χ0) is 12.1. The van der Waals surface area contributed by atoms with Gasteiger partial charge in [-0.15, -0.1) is 0 Å². The van der Waals surface area contributed by atoms with Crippen LogP contribution in [0.4, 0.5) is 5.69 Å². The summed E-state index contributed by atoms with van der Waals surface area (Å²) in [6.45, 7) is 2.85. The molecule has 1 unspecified atom stereocenters. The third-order valence-corrected chi connectivity index (χ3v) is 3.26. The van der Waals surface area contributed by atoms with Gasteiger partial charge in [-0.05, 0) is 37.6 Å².